The summed E-state index contributed by atoms with van der Waals surface area (Å²) in [6, 6.07) is 13.1. The van der Waals surface area contributed by atoms with Gasteiger partial charge in [-0.05, 0) is 48.4 Å². The number of pyridine rings is 1. The number of rotatable bonds is 6. The summed E-state index contributed by atoms with van der Waals surface area (Å²) in [7, 11) is -4.27. The number of aromatic nitrogens is 1. The number of amides is 1. The van der Waals surface area contributed by atoms with Crippen LogP contribution in [-0.4, -0.2) is 48.1 Å². The van der Waals surface area contributed by atoms with Crippen LogP contribution < -0.4 is 9.62 Å². The Bertz CT molecular complexity index is 1450. The van der Waals surface area contributed by atoms with Gasteiger partial charge in [-0.25, -0.2) is 22.5 Å². The summed E-state index contributed by atoms with van der Waals surface area (Å²) in [5.41, 5.74) is 0.388. The molecule has 1 amide bonds. The summed E-state index contributed by atoms with van der Waals surface area (Å²) < 4.78 is 28.0. The minimum Gasteiger partial charge on any atom is -0.479 e. The highest BCUT2D eigenvalue weighted by molar-refractivity contribution is 7.92. The third-order valence-electron chi connectivity index (χ3n) is 5.59. The highest BCUT2D eigenvalue weighted by atomic mass is 35.5. The molecule has 0 bridgehead atoms. The largest absolute Gasteiger partial charge is 0.479 e. The normalized spacial score (nSPS) is 16.2. The minimum atomic E-state index is -4.27. The Morgan fingerprint density at radius 3 is 2.36 bits per heavy atom. The summed E-state index contributed by atoms with van der Waals surface area (Å²) in [5.74, 6) is -3.09. The Labute approximate surface area is 221 Å². The Morgan fingerprint density at radius 2 is 1.72 bits per heavy atom. The van der Waals surface area contributed by atoms with Crippen LogP contribution in [0.1, 0.15) is 15.9 Å². The van der Waals surface area contributed by atoms with E-state index in [9.17, 15) is 28.2 Å². The fourth-order valence-corrected chi connectivity index (χ4v) is 6.22. The fourth-order valence-electron chi connectivity index (χ4n) is 3.84. The average molecular weight is 571 g/mol. The second kappa shape index (κ2) is 10.2. The number of sulfonamides is 1. The molecule has 188 valence electrons. The molecule has 4 rings (SSSR count). The van der Waals surface area contributed by atoms with Crippen molar-refractivity contribution in [2.45, 2.75) is 17.4 Å². The van der Waals surface area contributed by atoms with Crippen LogP contribution in [-0.2, 0) is 21.2 Å². The number of nitrogens with zero attached hydrogens (tertiary/aromatic N) is 2. The second-order valence-corrected chi connectivity index (χ2v) is 11.1. The third kappa shape index (κ3) is 5.14. The van der Waals surface area contributed by atoms with Gasteiger partial charge in [0.2, 0.25) is 0 Å². The molecule has 0 saturated carbocycles. The van der Waals surface area contributed by atoms with Crippen LogP contribution in [0.25, 0.3) is 0 Å². The lowest BCUT2D eigenvalue weighted by Gasteiger charge is -2.35. The predicted molar refractivity (Wildman–Crippen MR) is 135 cm³/mol. The van der Waals surface area contributed by atoms with E-state index in [0.717, 1.165) is 4.31 Å². The lowest BCUT2D eigenvalue weighted by atomic mass is 9.91. The number of halogens is 3. The number of carboxylic acids is 1. The van der Waals surface area contributed by atoms with Crippen LogP contribution in [0.4, 0.5) is 11.6 Å². The zero-order valence-corrected chi connectivity index (χ0v) is 21.3. The molecule has 1 aliphatic rings. The summed E-state index contributed by atoms with van der Waals surface area (Å²) >= 11 is 18.2. The van der Waals surface area contributed by atoms with E-state index in [4.69, 9.17) is 34.8 Å². The van der Waals surface area contributed by atoms with Crippen molar-refractivity contribution in [3.05, 3.63) is 80.8 Å². The predicted octanol–water partition coefficient (Wildman–Crippen LogP) is 4.11. The fraction of sp³-hybridized carbons (Fsp3) is 0.174. The number of hydrogen-bond donors (Lipinski definition) is 3. The van der Waals surface area contributed by atoms with Crippen molar-refractivity contribution in [1.82, 2.24) is 4.98 Å². The van der Waals surface area contributed by atoms with Crippen molar-refractivity contribution in [3.63, 3.8) is 0 Å². The Kier molecular flexibility index (Phi) is 7.44. The van der Waals surface area contributed by atoms with Crippen LogP contribution >= 0.6 is 34.8 Å². The molecule has 0 radical (unpaired) electrons. The molecule has 1 aliphatic heterocycles. The van der Waals surface area contributed by atoms with Crippen molar-refractivity contribution < 1.29 is 28.2 Å². The van der Waals surface area contributed by atoms with E-state index < -0.39 is 33.9 Å². The average Bonchev–Trinajstić information content (AvgIpc) is 2.82. The topological polar surface area (TPSA) is 137 Å². The van der Waals surface area contributed by atoms with E-state index in [0.29, 0.717) is 5.56 Å². The number of carboxylic acid groups (broad SMARTS) is 1. The van der Waals surface area contributed by atoms with E-state index >= 15 is 0 Å². The molecule has 13 heteroatoms. The summed E-state index contributed by atoms with van der Waals surface area (Å²) in [5, 5.41) is 22.5. The highest BCUT2D eigenvalue weighted by Crippen LogP contribution is 2.35. The quantitative estimate of drug-likeness (QED) is 0.406. The first-order chi connectivity index (χ1) is 17.0. The number of hydrogen-bond acceptors (Lipinski definition) is 6. The molecule has 3 N–H and O–H groups in total. The van der Waals surface area contributed by atoms with Gasteiger partial charge < -0.3 is 15.5 Å². The Morgan fingerprint density at radius 1 is 1.06 bits per heavy atom. The molecule has 0 saturated heterocycles. The molecule has 1 aromatic heterocycles. The summed E-state index contributed by atoms with van der Waals surface area (Å²) in [6.07, 6.45) is -1.76. The number of fused-ring (bicyclic) bond motifs is 1. The lowest BCUT2D eigenvalue weighted by Crippen LogP contribution is -2.46. The standard InChI is InChI=1S/C23H18Cl3N3O6S/c24-14-3-1-4-15(10-14)36(34,35)29-11-13(20(30)23(32)33)9-12-7-8-18(27-21(12)29)28-22(31)19-16(25)5-2-6-17(19)26/h1-8,10,13,20,30H,9,11H2,(H,32,33)(H,27,28,31)/t13-,20?/m1/s1. The molecule has 0 spiro atoms. The van der Waals surface area contributed by atoms with Crippen LogP contribution in [0.2, 0.25) is 15.1 Å². The van der Waals surface area contributed by atoms with Crippen molar-refractivity contribution in [2.75, 3.05) is 16.2 Å². The van der Waals surface area contributed by atoms with E-state index in [1.807, 2.05) is 0 Å². The van der Waals surface area contributed by atoms with E-state index in [-0.39, 0.29) is 50.1 Å². The maximum absolute atomic E-state index is 13.6. The highest BCUT2D eigenvalue weighted by Gasteiger charge is 2.39. The van der Waals surface area contributed by atoms with Gasteiger partial charge >= 0.3 is 5.97 Å². The smallest absolute Gasteiger partial charge is 0.332 e. The maximum Gasteiger partial charge on any atom is 0.332 e. The SMILES string of the molecule is O=C(Nc1ccc2c(n1)N(S(=O)(=O)c1cccc(Cl)c1)C[C@H](C(O)C(=O)O)C2)c1c(Cl)cccc1Cl. The molecule has 0 aliphatic carbocycles. The molecule has 36 heavy (non-hydrogen) atoms. The number of nitrogens with one attached hydrogen (secondary N) is 1. The molecule has 2 heterocycles. The molecule has 0 fully saturated rings. The lowest BCUT2D eigenvalue weighted by molar-refractivity contribution is -0.149. The number of aliphatic hydroxyl groups is 1. The molecular weight excluding hydrogens is 553 g/mol. The van der Waals surface area contributed by atoms with Gasteiger partial charge in [0.05, 0.1) is 20.5 Å². The van der Waals surface area contributed by atoms with Gasteiger partial charge in [-0.2, -0.15) is 0 Å². The Balaban J connectivity index is 1.76. The number of benzene rings is 2. The van der Waals surface area contributed by atoms with Crippen molar-refractivity contribution in [3.8, 4) is 0 Å². The van der Waals surface area contributed by atoms with Gasteiger partial charge in [0.25, 0.3) is 15.9 Å². The maximum atomic E-state index is 13.6. The zero-order valence-electron chi connectivity index (χ0n) is 18.2. The molecule has 2 aromatic carbocycles. The third-order valence-corrected chi connectivity index (χ3v) is 8.21. The van der Waals surface area contributed by atoms with Gasteiger partial charge in [0.1, 0.15) is 11.6 Å². The van der Waals surface area contributed by atoms with Gasteiger partial charge in [0, 0.05) is 17.5 Å². The number of aliphatic hydroxyl groups excluding tert-OH is 1. The number of anilines is 2. The molecule has 3 aromatic rings. The minimum absolute atomic E-state index is 0.0123. The van der Waals surface area contributed by atoms with Gasteiger partial charge in [-0.1, -0.05) is 53.0 Å². The number of carbonyl (C=O) groups is 2. The van der Waals surface area contributed by atoms with Gasteiger partial charge in [0.15, 0.2) is 6.10 Å². The molecular formula is C23H18Cl3N3O6S. The molecule has 1 unspecified atom stereocenters. The van der Waals surface area contributed by atoms with Gasteiger partial charge in [-0.15, -0.1) is 0 Å². The van der Waals surface area contributed by atoms with Crippen LogP contribution in [0, 0.1) is 5.92 Å². The van der Waals surface area contributed by atoms with Crippen LogP contribution in [0.3, 0.4) is 0 Å². The Hall–Kier alpha value is -2.89. The van der Waals surface area contributed by atoms with Crippen molar-refractivity contribution >= 4 is 68.3 Å². The van der Waals surface area contributed by atoms with E-state index in [1.54, 1.807) is 6.07 Å². The summed E-state index contributed by atoms with van der Waals surface area (Å²) in [6.45, 7) is -0.365. The molecule has 2 atom stereocenters. The number of aliphatic carboxylic acids is 1. The molecule has 9 nitrogen and oxygen atoms in total. The van der Waals surface area contributed by atoms with E-state index in [1.165, 1.54) is 48.5 Å². The van der Waals surface area contributed by atoms with Crippen LogP contribution in [0.15, 0.2) is 59.5 Å². The van der Waals surface area contributed by atoms with Gasteiger partial charge in [-0.3, -0.25) is 4.79 Å². The number of carbonyl (C=O) groups excluding carboxylic acids is 1. The monoisotopic (exact) mass is 569 g/mol. The van der Waals surface area contributed by atoms with Crippen molar-refractivity contribution in [1.29, 1.82) is 0 Å². The first kappa shape index (κ1) is 26.2. The summed E-state index contributed by atoms with van der Waals surface area (Å²) in [4.78, 5) is 28.4. The first-order valence-electron chi connectivity index (χ1n) is 10.4. The first-order valence-corrected chi connectivity index (χ1v) is 13.0. The van der Waals surface area contributed by atoms with E-state index in [2.05, 4.69) is 10.3 Å². The second-order valence-electron chi connectivity index (χ2n) is 7.97. The zero-order chi connectivity index (χ0) is 26.2. The van der Waals surface area contributed by atoms with Crippen LogP contribution in [0.5, 0.6) is 0 Å². The van der Waals surface area contributed by atoms with Crippen molar-refractivity contribution in [2.24, 2.45) is 5.92 Å².